The Morgan fingerprint density at radius 3 is 2.74 bits per heavy atom. The fraction of sp³-hybridized carbons (Fsp3) is 0.357. The van der Waals surface area contributed by atoms with Crippen molar-refractivity contribution in [2.45, 2.75) is 26.0 Å². The molecule has 19 heavy (non-hydrogen) atoms. The minimum absolute atomic E-state index is 0.656. The summed E-state index contributed by atoms with van der Waals surface area (Å²) in [6.07, 6.45) is 1.70. The normalized spacial score (nSPS) is 14.2. The molecule has 0 aliphatic rings. The Bertz CT molecular complexity index is 579. The lowest BCUT2D eigenvalue weighted by Gasteiger charge is -2.27. The second kappa shape index (κ2) is 5.35. The molecule has 4 nitrogen and oxygen atoms in total. The van der Waals surface area contributed by atoms with E-state index in [1.165, 1.54) is 0 Å². The maximum atomic E-state index is 11.0. The maximum absolute atomic E-state index is 11.0. The third kappa shape index (κ3) is 2.40. The molecule has 0 aliphatic heterocycles. The largest absolute Gasteiger partial charge is 0.496 e. The van der Waals surface area contributed by atoms with Crippen molar-refractivity contribution in [3.05, 3.63) is 46.2 Å². The molecule has 0 saturated heterocycles. The van der Waals surface area contributed by atoms with Crippen LogP contribution in [0.2, 0.25) is 0 Å². The molecule has 0 aliphatic carbocycles. The van der Waals surface area contributed by atoms with Gasteiger partial charge in [-0.05, 0) is 35.8 Å². The van der Waals surface area contributed by atoms with Gasteiger partial charge in [0.2, 0.25) is 0 Å². The number of halogens is 1. The highest BCUT2D eigenvalue weighted by Crippen LogP contribution is 2.38. The molecular formula is C14H17BrN2O2. The Balaban J connectivity index is 2.61. The number of aliphatic hydroxyl groups is 1. The van der Waals surface area contributed by atoms with Crippen molar-refractivity contribution in [3.8, 4) is 5.75 Å². The maximum Gasteiger partial charge on any atom is 0.133 e. The van der Waals surface area contributed by atoms with Crippen LogP contribution in [-0.2, 0) is 12.1 Å². The van der Waals surface area contributed by atoms with E-state index in [-0.39, 0.29) is 0 Å². The van der Waals surface area contributed by atoms with Gasteiger partial charge in [0, 0.05) is 12.1 Å². The summed E-state index contributed by atoms with van der Waals surface area (Å²) in [6, 6.07) is 7.46. The van der Waals surface area contributed by atoms with Crippen molar-refractivity contribution < 1.29 is 9.84 Å². The van der Waals surface area contributed by atoms with Crippen LogP contribution in [0.3, 0.4) is 0 Å². The van der Waals surface area contributed by atoms with Crippen LogP contribution in [-0.4, -0.2) is 22.0 Å². The van der Waals surface area contributed by atoms with E-state index in [0.29, 0.717) is 17.9 Å². The number of ether oxygens (including phenoxy) is 1. The molecule has 0 bridgehead atoms. The van der Waals surface area contributed by atoms with Crippen LogP contribution in [0, 0.1) is 0 Å². The number of hydrogen-bond donors (Lipinski definition) is 1. The van der Waals surface area contributed by atoms with Gasteiger partial charge in [-0.25, -0.2) is 0 Å². The summed E-state index contributed by atoms with van der Waals surface area (Å²) in [5.74, 6) is 0.656. The average molecular weight is 325 g/mol. The van der Waals surface area contributed by atoms with Crippen LogP contribution < -0.4 is 4.74 Å². The first kappa shape index (κ1) is 14.1. The minimum atomic E-state index is -1.18. The Kier molecular flexibility index (Phi) is 3.96. The average Bonchev–Trinajstić information content (AvgIpc) is 2.80. The summed E-state index contributed by atoms with van der Waals surface area (Å²) in [5.41, 5.74) is 0.255. The van der Waals surface area contributed by atoms with Gasteiger partial charge in [0.15, 0.2) is 0 Å². The number of para-hydroxylation sites is 1. The molecule has 0 amide bonds. The predicted octanol–water partition coefficient (Wildman–Crippen LogP) is 2.93. The van der Waals surface area contributed by atoms with Crippen molar-refractivity contribution in [3.63, 3.8) is 0 Å². The van der Waals surface area contributed by atoms with Gasteiger partial charge in [-0.3, -0.25) is 4.68 Å². The minimum Gasteiger partial charge on any atom is -0.496 e. The predicted molar refractivity (Wildman–Crippen MR) is 77.3 cm³/mol. The summed E-state index contributed by atoms with van der Waals surface area (Å²) in [7, 11) is 1.60. The standard InChI is InChI=1S/C14H17BrN2O2/c1-4-17-13(11(15)9-16-17)14(2,18)10-7-5-6-8-12(10)19-3/h5-9,18H,4H2,1-3H3. The fourth-order valence-electron chi connectivity index (χ4n) is 2.26. The van der Waals surface area contributed by atoms with E-state index in [1.54, 1.807) is 24.9 Å². The van der Waals surface area contributed by atoms with E-state index in [9.17, 15) is 5.11 Å². The van der Waals surface area contributed by atoms with Gasteiger partial charge in [0.25, 0.3) is 0 Å². The molecular weight excluding hydrogens is 308 g/mol. The SMILES string of the molecule is CCn1ncc(Br)c1C(C)(O)c1ccccc1OC. The molecule has 1 aromatic carbocycles. The van der Waals surface area contributed by atoms with Crippen LogP contribution in [0.1, 0.15) is 25.1 Å². The van der Waals surface area contributed by atoms with E-state index < -0.39 is 5.60 Å². The molecule has 2 rings (SSSR count). The molecule has 5 heteroatoms. The molecule has 0 radical (unpaired) electrons. The van der Waals surface area contributed by atoms with Gasteiger partial charge in [0.1, 0.15) is 11.4 Å². The van der Waals surface area contributed by atoms with E-state index in [2.05, 4.69) is 21.0 Å². The first-order valence-corrected chi connectivity index (χ1v) is 6.89. The van der Waals surface area contributed by atoms with Crippen LogP contribution in [0.5, 0.6) is 5.75 Å². The highest BCUT2D eigenvalue weighted by molar-refractivity contribution is 9.10. The van der Waals surface area contributed by atoms with Crippen LogP contribution in [0.4, 0.5) is 0 Å². The zero-order chi connectivity index (χ0) is 14.0. The molecule has 1 heterocycles. The zero-order valence-corrected chi connectivity index (χ0v) is 12.8. The molecule has 102 valence electrons. The Labute approximate surface area is 121 Å². The van der Waals surface area contributed by atoms with E-state index in [0.717, 1.165) is 10.2 Å². The van der Waals surface area contributed by atoms with E-state index >= 15 is 0 Å². The van der Waals surface area contributed by atoms with Crippen molar-refractivity contribution >= 4 is 15.9 Å². The van der Waals surface area contributed by atoms with Gasteiger partial charge in [0.05, 0.1) is 23.5 Å². The molecule has 1 N–H and O–H groups in total. The number of aromatic nitrogens is 2. The number of nitrogens with zero attached hydrogens (tertiary/aromatic N) is 2. The first-order chi connectivity index (χ1) is 9.02. The summed E-state index contributed by atoms with van der Waals surface area (Å²) >= 11 is 3.45. The van der Waals surface area contributed by atoms with Crippen molar-refractivity contribution in [1.82, 2.24) is 9.78 Å². The van der Waals surface area contributed by atoms with Crippen LogP contribution >= 0.6 is 15.9 Å². The smallest absolute Gasteiger partial charge is 0.133 e. The molecule has 1 unspecified atom stereocenters. The fourth-order valence-corrected chi connectivity index (χ4v) is 2.94. The highest BCUT2D eigenvalue weighted by Gasteiger charge is 2.34. The number of aryl methyl sites for hydroxylation is 1. The molecule has 2 aromatic rings. The van der Waals surface area contributed by atoms with Crippen molar-refractivity contribution in [2.75, 3.05) is 7.11 Å². The lowest BCUT2D eigenvalue weighted by Crippen LogP contribution is -2.28. The zero-order valence-electron chi connectivity index (χ0n) is 11.2. The van der Waals surface area contributed by atoms with Gasteiger partial charge >= 0.3 is 0 Å². The Hall–Kier alpha value is -1.33. The van der Waals surface area contributed by atoms with Crippen LogP contribution in [0.25, 0.3) is 0 Å². The topological polar surface area (TPSA) is 47.3 Å². The molecule has 0 spiro atoms. The molecule has 1 atom stereocenters. The number of rotatable bonds is 4. The van der Waals surface area contributed by atoms with Gasteiger partial charge in [-0.2, -0.15) is 5.10 Å². The lowest BCUT2D eigenvalue weighted by molar-refractivity contribution is 0.0879. The summed E-state index contributed by atoms with van der Waals surface area (Å²) in [6.45, 7) is 4.42. The highest BCUT2D eigenvalue weighted by atomic mass is 79.9. The van der Waals surface area contributed by atoms with Gasteiger partial charge in [-0.15, -0.1) is 0 Å². The monoisotopic (exact) mass is 324 g/mol. The Morgan fingerprint density at radius 2 is 2.11 bits per heavy atom. The quantitative estimate of drug-likeness (QED) is 0.940. The summed E-state index contributed by atoms with van der Waals surface area (Å²) < 4.78 is 7.90. The number of methoxy groups -OCH3 is 1. The van der Waals surface area contributed by atoms with Gasteiger partial charge in [-0.1, -0.05) is 18.2 Å². The molecule has 1 aromatic heterocycles. The lowest BCUT2D eigenvalue weighted by atomic mass is 9.91. The number of benzene rings is 1. The number of hydrogen-bond acceptors (Lipinski definition) is 3. The van der Waals surface area contributed by atoms with E-state index in [1.807, 2.05) is 31.2 Å². The Morgan fingerprint density at radius 1 is 1.42 bits per heavy atom. The first-order valence-electron chi connectivity index (χ1n) is 6.10. The van der Waals surface area contributed by atoms with Crippen molar-refractivity contribution in [1.29, 1.82) is 0 Å². The van der Waals surface area contributed by atoms with Gasteiger partial charge < -0.3 is 9.84 Å². The third-order valence-electron chi connectivity index (χ3n) is 3.19. The second-order valence-corrected chi connectivity index (χ2v) is 5.28. The van der Waals surface area contributed by atoms with E-state index in [4.69, 9.17) is 4.74 Å². The van der Waals surface area contributed by atoms with Crippen molar-refractivity contribution in [2.24, 2.45) is 0 Å². The summed E-state index contributed by atoms with van der Waals surface area (Å²) in [4.78, 5) is 0. The second-order valence-electron chi connectivity index (χ2n) is 4.43. The molecule has 0 saturated carbocycles. The third-order valence-corrected chi connectivity index (χ3v) is 3.77. The molecule has 0 fully saturated rings. The summed E-state index contributed by atoms with van der Waals surface area (Å²) in [5, 5.41) is 15.2. The van der Waals surface area contributed by atoms with Crippen LogP contribution in [0.15, 0.2) is 34.9 Å².